The third kappa shape index (κ3) is 10.6. The molecule has 49 heavy (non-hydrogen) atoms. The topological polar surface area (TPSA) is 120 Å². The van der Waals surface area contributed by atoms with Crippen molar-refractivity contribution in [2.24, 2.45) is 5.92 Å². The minimum Gasteiger partial charge on any atom is -0.497 e. The molecule has 1 aliphatic heterocycles. The molecule has 0 radical (unpaired) electrons. The Kier molecular flexibility index (Phi) is 15.2. The van der Waals surface area contributed by atoms with Gasteiger partial charge in [0.2, 0.25) is 17.7 Å². The van der Waals surface area contributed by atoms with Gasteiger partial charge in [-0.3, -0.25) is 14.4 Å². The Hall–Kier alpha value is -4.28. The Labute approximate surface area is 290 Å². The molecule has 3 amide bonds. The number of amides is 3. The molecule has 0 saturated carbocycles. The first-order chi connectivity index (χ1) is 23.5. The van der Waals surface area contributed by atoms with E-state index in [1.165, 1.54) is 13.0 Å². The van der Waals surface area contributed by atoms with Crippen molar-refractivity contribution in [2.45, 2.75) is 90.6 Å². The third-order valence-electron chi connectivity index (χ3n) is 9.01. The quantitative estimate of drug-likeness (QED) is 0.173. The van der Waals surface area contributed by atoms with E-state index in [9.17, 15) is 23.9 Å². The normalized spacial score (nSPS) is 17.5. The number of aliphatic hydroxyl groups excluding tert-OH is 1. The number of rotatable bonds is 16. The first-order valence-corrected chi connectivity index (χ1v) is 17.2. The van der Waals surface area contributed by atoms with Gasteiger partial charge in [-0.1, -0.05) is 88.4 Å². The lowest BCUT2D eigenvalue weighted by Gasteiger charge is -2.35. The molecule has 1 aliphatic rings. The second-order valence-corrected chi connectivity index (χ2v) is 12.6. The van der Waals surface area contributed by atoms with Gasteiger partial charge in [-0.25, -0.2) is 4.39 Å². The summed E-state index contributed by atoms with van der Waals surface area (Å²) < 4.78 is 20.1. The summed E-state index contributed by atoms with van der Waals surface area (Å²) in [6.45, 7) is 10.00. The van der Waals surface area contributed by atoms with Gasteiger partial charge in [0.25, 0.3) is 0 Å². The number of hydrogen-bond donors (Lipinski definition) is 4. The number of nitrogens with zero attached hydrogens (tertiary/aromatic N) is 1. The van der Waals surface area contributed by atoms with E-state index in [1.54, 1.807) is 30.2 Å². The van der Waals surface area contributed by atoms with Crippen LogP contribution in [0.2, 0.25) is 0 Å². The zero-order valence-corrected chi connectivity index (χ0v) is 29.7. The molecule has 266 valence electrons. The van der Waals surface area contributed by atoms with Crippen LogP contribution in [0, 0.1) is 11.7 Å². The Morgan fingerprint density at radius 3 is 2.33 bits per heavy atom. The maximum absolute atomic E-state index is 14.8. The van der Waals surface area contributed by atoms with Crippen LogP contribution in [0.1, 0.15) is 64.2 Å². The van der Waals surface area contributed by atoms with E-state index in [-0.39, 0.29) is 37.2 Å². The first kappa shape index (κ1) is 39.2. The summed E-state index contributed by atoms with van der Waals surface area (Å²) >= 11 is 0. The van der Waals surface area contributed by atoms with Crippen LogP contribution in [0.3, 0.4) is 0 Å². The largest absolute Gasteiger partial charge is 0.497 e. The van der Waals surface area contributed by atoms with Gasteiger partial charge in [-0.05, 0) is 66.5 Å². The molecule has 0 aromatic heterocycles. The number of nitrogens with one attached hydrogen (secondary N) is 3. The smallest absolute Gasteiger partial charge is 0.249 e. The number of carbonyl (C=O) groups excluding carboxylic acids is 3. The average molecular weight is 677 g/mol. The second-order valence-electron chi connectivity index (χ2n) is 12.6. The molecule has 0 bridgehead atoms. The highest BCUT2D eigenvalue weighted by Gasteiger charge is 2.52. The summed E-state index contributed by atoms with van der Waals surface area (Å²) in [6.07, 6.45) is 0.185. The van der Waals surface area contributed by atoms with E-state index < -0.39 is 35.5 Å². The fraction of sp³-hybridized carbons (Fsp3) is 0.462. The van der Waals surface area contributed by atoms with Crippen molar-refractivity contribution < 1.29 is 28.6 Å². The molecule has 0 spiro atoms. The molecular formula is C39H53FN4O5. The van der Waals surface area contributed by atoms with Gasteiger partial charge in [-0.15, -0.1) is 0 Å². The number of likely N-dealkylation sites (tertiary alicyclic amines) is 1. The Morgan fingerprint density at radius 2 is 1.67 bits per heavy atom. The highest BCUT2D eigenvalue weighted by atomic mass is 19.1. The van der Waals surface area contributed by atoms with Crippen LogP contribution in [-0.4, -0.2) is 71.7 Å². The van der Waals surface area contributed by atoms with Crippen molar-refractivity contribution in [2.75, 3.05) is 20.2 Å². The molecule has 3 aromatic rings. The van der Waals surface area contributed by atoms with Gasteiger partial charge in [0, 0.05) is 26.6 Å². The number of methoxy groups -OCH3 is 1. The predicted molar refractivity (Wildman–Crippen MR) is 190 cm³/mol. The molecule has 10 heteroatoms. The lowest BCUT2D eigenvalue weighted by atomic mass is 9.84. The van der Waals surface area contributed by atoms with Crippen LogP contribution < -0.4 is 20.7 Å². The minimum atomic E-state index is -1.12. The third-order valence-corrected chi connectivity index (χ3v) is 9.01. The highest BCUT2D eigenvalue weighted by molar-refractivity contribution is 5.96. The fourth-order valence-corrected chi connectivity index (χ4v) is 6.30. The molecule has 3 unspecified atom stereocenters. The van der Waals surface area contributed by atoms with E-state index >= 15 is 0 Å². The van der Waals surface area contributed by atoms with E-state index in [0.717, 1.165) is 11.1 Å². The zero-order chi connectivity index (χ0) is 36.0. The monoisotopic (exact) mass is 676 g/mol. The molecule has 4 N–H and O–H groups in total. The molecule has 1 saturated heterocycles. The van der Waals surface area contributed by atoms with Crippen LogP contribution >= 0.6 is 0 Å². The molecule has 1 heterocycles. The van der Waals surface area contributed by atoms with Gasteiger partial charge < -0.3 is 30.7 Å². The zero-order valence-electron chi connectivity index (χ0n) is 29.7. The van der Waals surface area contributed by atoms with Crippen molar-refractivity contribution in [3.8, 4) is 5.75 Å². The Morgan fingerprint density at radius 1 is 1.00 bits per heavy atom. The summed E-state index contributed by atoms with van der Waals surface area (Å²) in [5, 5.41) is 20.5. The number of aliphatic hydroxyl groups is 1. The Bertz CT molecular complexity index is 1500. The molecular weight excluding hydrogens is 623 g/mol. The SMILES string of the molecule is CC.COc1cccc(CNCC(O)C(Cc2ccccc2F)NC(=O)[C@H](CCc2ccccc2)N2CCC(NC(C)=O)(C(C)C)C2=O)c1. The standard InChI is InChI=1S/C37H47FN4O5.C2H6/c1-25(2)37(41-26(3)43)19-20-42(36(37)46)33(18-17-27-11-6-5-7-12-27)35(45)40-32(22-29-14-8-9-16-31(29)38)34(44)24-39-23-28-13-10-15-30(21-28)47-4;1-2/h5-16,21,25,32-34,39,44H,17-20,22-24H2,1-4H3,(H,40,45)(H,41,43);1-2H3/t32?,33-,34?,37?;/m0./s1. The van der Waals surface area contributed by atoms with Crippen molar-refractivity contribution in [3.05, 3.63) is 101 Å². The summed E-state index contributed by atoms with van der Waals surface area (Å²) in [5.41, 5.74) is 1.20. The van der Waals surface area contributed by atoms with Gasteiger partial charge in [-0.2, -0.15) is 0 Å². The van der Waals surface area contributed by atoms with Gasteiger partial charge in [0.15, 0.2) is 0 Å². The maximum atomic E-state index is 14.8. The number of benzene rings is 3. The van der Waals surface area contributed by atoms with Crippen LogP contribution in [0.4, 0.5) is 4.39 Å². The van der Waals surface area contributed by atoms with Gasteiger partial charge in [0.1, 0.15) is 23.1 Å². The minimum absolute atomic E-state index is 0.0432. The van der Waals surface area contributed by atoms with Gasteiger partial charge in [0.05, 0.1) is 19.3 Å². The summed E-state index contributed by atoms with van der Waals surface area (Å²) in [7, 11) is 1.59. The van der Waals surface area contributed by atoms with E-state index in [2.05, 4.69) is 16.0 Å². The fourth-order valence-electron chi connectivity index (χ4n) is 6.30. The molecule has 9 nitrogen and oxygen atoms in total. The average Bonchev–Trinajstić information content (AvgIpc) is 3.42. The van der Waals surface area contributed by atoms with E-state index in [4.69, 9.17) is 4.74 Å². The number of hydrogen-bond acceptors (Lipinski definition) is 6. The second kappa shape index (κ2) is 19.0. The van der Waals surface area contributed by atoms with Gasteiger partial charge >= 0.3 is 0 Å². The maximum Gasteiger partial charge on any atom is 0.249 e. The van der Waals surface area contributed by atoms with E-state index in [1.807, 2.05) is 82.3 Å². The van der Waals surface area contributed by atoms with Crippen molar-refractivity contribution in [3.63, 3.8) is 0 Å². The molecule has 4 rings (SSSR count). The summed E-state index contributed by atoms with van der Waals surface area (Å²) in [6, 6.07) is 21.8. The molecule has 3 aromatic carbocycles. The predicted octanol–water partition coefficient (Wildman–Crippen LogP) is 4.80. The lowest BCUT2D eigenvalue weighted by Crippen LogP contribution is -2.60. The summed E-state index contributed by atoms with van der Waals surface area (Å²) in [5.74, 6) is -0.975. The highest BCUT2D eigenvalue weighted by Crippen LogP contribution is 2.33. The number of aryl methyl sites for hydroxylation is 1. The van der Waals surface area contributed by atoms with Crippen molar-refractivity contribution in [1.82, 2.24) is 20.9 Å². The molecule has 4 atom stereocenters. The number of halogens is 1. The number of ether oxygens (including phenoxy) is 1. The Balaban J connectivity index is 0.00000319. The summed E-state index contributed by atoms with van der Waals surface area (Å²) in [4.78, 5) is 42.0. The van der Waals surface area contributed by atoms with Crippen LogP contribution in [0.25, 0.3) is 0 Å². The molecule has 1 fully saturated rings. The van der Waals surface area contributed by atoms with Crippen LogP contribution in [0.15, 0.2) is 78.9 Å². The lowest BCUT2D eigenvalue weighted by molar-refractivity contribution is -0.144. The van der Waals surface area contributed by atoms with Crippen LogP contribution in [-0.2, 0) is 33.8 Å². The van der Waals surface area contributed by atoms with Crippen molar-refractivity contribution in [1.29, 1.82) is 0 Å². The number of carbonyl (C=O) groups is 3. The molecule has 0 aliphatic carbocycles. The first-order valence-electron chi connectivity index (χ1n) is 17.2. The van der Waals surface area contributed by atoms with Crippen LogP contribution in [0.5, 0.6) is 5.75 Å². The van der Waals surface area contributed by atoms with E-state index in [0.29, 0.717) is 37.1 Å². The van der Waals surface area contributed by atoms with Crippen molar-refractivity contribution >= 4 is 17.7 Å².